The molecular weight excluding hydrogens is 556 g/mol. The van der Waals surface area contributed by atoms with Crippen LogP contribution in [-0.2, 0) is 19.2 Å². The maximum atomic E-state index is 12.6. The van der Waals surface area contributed by atoms with Crippen molar-refractivity contribution < 1.29 is 39.3 Å². The Labute approximate surface area is 237 Å². The molecule has 2 unspecified atom stereocenters. The molecule has 0 radical (unpaired) electrons. The average molecular weight is 587 g/mol. The third-order valence-corrected chi connectivity index (χ3v) is 6.13. The summed E-state index contributed by atoms with van der Waals surface area (Å²) in [5.41, 5.74) is 6.70. The van der Waals surface area contributed by atoms with Crippen LogP contribution in [0, 0.1) is 0 Å². The Morgan fingerprint density at radius 2 is 1.62 bits per heavy atom. The summed E-state index contributed by atoms with van der Waals surface area (Å²) in [6, 6.07) is 3.23. The van der Waals surface area contributed by atoms with E-state index in [4.69, 9.17) is 15.9 Å². The quantitative estimate of drug-likeness (QED) is 0.137. The number of aromatic nitrogens is 2. The molecular formula is C25H30N8O9. The summed E-state index contributed by atoms with van der Waals surface area (Å²) in [7, 11) is 1.75. The number of carbonyl (C=O) groups is 5. The topological polar surface area (TPSA) is 269 Å². The van der Waals surface area contributed by atoms with Crippen LogP contribution in [-0.4, -0.2) is 92.9 Å². The molecule has 0 bridgehead atoms. The van der Waals surface area contributed by atoms with E-state index < -0.39 is 60.2 Å². The average Bonchev–Trinajstić information content (AvgIpc) is 2.92. The first-order chi connectivity index (χ1) is 19.8. The fourth-order valence-electron chi connectivity index (χ4n) is 3.99. The third-order valence-electron chi connectivity index (χ3n) is 6.13. The Morgan fingerprint density at radius 1 is 1.00 bits per heavy atom. The highest BCUT2D eigenvalue weighted by molar-refractivity contribution is 5.98. The molecule has 2 amide bonds. The van der Waals surface area contributed by atoms with Gasteiger partial charge in [0, 0.05) is 31.1 Å². The molecule has 0 fully saturated rings. The minimum atomic E-state index is -1.44. The third kappa shape index (κ3) is 8.51. The highest BCUT2D eigenvalue weighted by Gasteiger charge is 2.25. The number of aliphatic imine (C=N–C) groups is 1. The van der Waals surface area contributed by atoms with Gasteiger partial charge in [0.15, 0.2) is 11.5 Å². The van der Waals surface area contributed by atoms with E-state index >= 15 is 0 Å². The zero-order valence-electron chi connectivity index (χ0n) is 22.4. The Hall–Kier alpha value is -5.48. The summed E-state index contributed by atoms with van der Waals surface area (Å²) in [6.07, 6.45) is -1.57. The van der Waals surface area contributed by atoms with Crippen molar-refractivity contribution in [2.75, 3.05) is 36.1 Å². The molecule has 42 heavy (non-hydrogen) atoms. The number of rotatable bonds is 14. The number of hydrogen-bond donors (Lipinski definition) is 8. The van der Waals surface area contributed by atoms with Crippen LogP contribution in [0.3, 0.4) is 0 Å². The Kier molecular flexibility index (Phi) is 10.2. The maximum Gasteiger partial charge on any atom is 0.326 e. The molecule has 2 heterocycles. The summed E-state index contributed by atoms with van der Waals surface area (Å²) < 4.78 is 0. The van der Waals surface area contributed by atoms with Gasteiger partial charge in [-0.1, -0.05) is 0 Å². The van der Waals surface area contributed by atoms with Gasteiger partial charge in [0.2, 0.25) is 11.9 Å². The van der Waals surface area contributed by atoms with Crippen molar-refractivity contribution in [1.82, 2.24) is 20.6 Å². The molecule has 0 saturated heterocycles. The number of aromatic amines is 1. The van der Waals surface area contributed by atoms with E-state index in [1.54, 1.807) is 24.1 Å². The Morgan fingerprint density at radius 3 is 2.24 bits per heavy atom. The van der Waals surface area contributed by atoms with Crippen LogP contribution in [0.2, 0.25) is 0 Å². The van der Waals surface area contributed by atoms with E-state index in [1.807, 2.05) is 0 Å². The number of nitrogen functional groups attached to an aromatic ring is 1. The number of carboxylic acids is 3. The molecule has 0 spiro atoms. The van der Waals surface area contributed by atoms with E-state index in [-0.39, 0.29) is 36.6 Å². The minimum absolute atomic E-state index is 0.00878. The number of carboxylic acid groups (broad SMARTS) is 3. The Balaban J connectivity index is 1.54. The lowest BCUT2D eigenvalue weighted by atomic mass is 10.1. The van der Waals surface area contributed by atoms with Gasteiger partial charge in [0.1, 0.15) is 12.1 Å². The number of H-pyrrole nitrogens is 1. The SMILES string of the molecule is CN1CC(CNc2ccc(C(=O)NC(CCC(=O)NC(CCC(=O)O)C(=O)O)C(=O)O)cc2)=Nc2c1nc(N)[nH]c2=O. The smallest absolute Gasteiger partial charge is 0.326 e. The molecule has 1 aromatic heterocycles. The first kappa shape index (κ1) is 31.1. The fraction of sp³-hybridized carbons (Fsp3) is 0.360. The second-order valence-corrected chi connectivity index (χ2v) is 9.38. The van der Waals surface area contributed by atoms with Crippen LogP contribution in [0.15, 0.2) is 34.1 Å². The Bertz CT molecular complexity index is 1450. The number of nitrogens with zero attached hydrogens (tertiary/aromatic N) is 3. The van der Waals surface area contributed by atoms with Gasteiger partial charge in [-0.15, -0.1) is 0 Å². The van der Waals surface area contributed by atoms with Gasteiger partial charge in [0.05, 0.1) is 18.8 Å². The normalized spacial score (nSPS) is 13.6. The maximum absolute atomic E-state index is 12.6. The number of amides is 2. The fourth-order valence-corrected chi connectivity index (χ4v) is 3.99. The van der Waals surface area contributed by atoms with E-state index in [0.717, 1.165) is 0 Å². The van der Waals surface area contributed by atoms with Crippen molar-refractivity contribution >= 4 is 58.6 Å². The van der Waals surface area contributed by atoms with Crippen molar-refractivity contribution in [3.63, 3.8) is 0 Å². The van der Waals surface area contributed by atoms with Crippen molar-refractivity contribution in [2.45, 2.75) is 37.8 Å². The first-order valence-electron chi connectivity index (χ1n) is 12.6. The number of benzene rings is 1. The lowest BCUT2D eigenvalue weighted by Crippen LogP contribution is -2.44. The van der Waals surface area contributed by atoms with Crippen LogP contribution in [0.5, 0.6) is 0 Å². The van der Waals surface area contributed by atoms with Gasteiger partial charge in [-0.3, -0.25) is 24.2 Å². The zero-order valence-corrected chi connectivity index (χ0v) is 22.4. The first-order valence-corrected chi connectivity index (χ1v) is 12.6. The van der Waals surface area contributed by atoms with Gasteiger partial charge in [-0.25, -0.2) is 14.6 Å². The molecule has 1 aliphatic rings. The lowest BCUT2D eigenvalue weighted by Gasteiger charge is -2.25. The number of aliphatic carboxylic acids is 3. The van der Waals surface area contributed by atoms with Crippen LogP contribution in [0.4, 0.5) is 23.1 Å². The van der Waals surface area contributed by atoms with E-state index in [9.17, 15) is 33.9 Å². The standard InChI is InChI=1S/C25H30N8O9/c1-33-11-14(28-19-20(33)31-25(26)32-22(19)38)10-27-13-4-2-12(3-5-13)21(37)30-16(24(41)42)6-8-17(34)29-15(23(39)40)7-9-18(35)36/h2-5,15-16,27H,6-11H2,1H3,(H,29,34)(H,30,37)(H,35,36)(H,39,40)(H,41,42)(H3,26,31,32,38). The molecule has 2 aromatic rings. The largest absolute Gasteiger partial charge is 0.481 e. The van der Waals surface area contributed by atoms with Gasteiger partial charge in [-0.2, -0.15) is 4.98 Å². The number of hydrogen-bond acceptors (Lipinski definition) is 11. The second kappa shape index (κ2) is 13.7. The summed E-state index contributed by atoms with van der Waals surface area (Å²) in [6.45, 7) is 0.672. The van der Waals surface area contributed by atoms with Crippen molar-refractivity contribution in [3.8, 4) is 0 Å². The minimum Gasteiger partial charge on any atom is -0.481 e. The zero-order chi connectivity index (χ0) is 31.0. The number of carbonyl (C=O) groups excluding carboxylic acids is 2. The lowest BCUT2D eigenvalue weighted by molar-refractivity contribution is -0.143. The second-order valence-electron chi connectivity index (χ2n) is 9.38. The highest BCUT2D eigenvalue weighted by atomic mass is 16.4. The number of anilines is 3. The van der Waals surface area contributed by atoms with Crippen LogP contribution in [0.1, 0.15) is 36.0 Å². The molecule has 224 valence electrons. The molecule has 17 heteroatoms. The molecule has 0 aliphatic carbocycles. The van der Waals surface area contributed by atoms with Crippen molar-refractivity contribution in [3.05, 3.63) is 40.2 Å². The van der Waals surface area contributed by atoms with Crippen LogP contribution >= 0.6 is 0 Å². The summed E-state index contributed by atoms with van der Waals surface area (Å²) in [5.74, 6) is -5.19. The van der Waals surface area contributed by atoms with Gasteiger partial charge < -0.3 is 41.9 Å². The molecule has 17 nitrogen and oxygen atoms in total. The molecule has 1 aliphatic heterocycles. The predicted molar refractivity (Wildman–Crippen MR) is 149 cm³/mol. The molecule has 2 atom stereocenters. The molecule has 3 rings (SSSR count). The highest BCUT2D eigenvalue weighted by Crippen LogP contribution is 2.25. The number of nitrogens with one attached hydrogen (secondary N) is 4. The van der Waals surface area contributed by atoms with Gasteiger partial charge in [0.25, 0.3) is 11.5 Å². The van der Waals surface area contributed by atoms with Gasteiger partial charge >= 0.3 is 17.9 Å². The summed E-state index contributed by atoms with van der Waals surface area (Å²) in [5, 5.41) is 34.9. The predicted octanol–water partition coefficient (Wildman–Crippen LogP) is -0.616. The molecule has 9 N–H and O–H groups in total. The monoisotopic (exact) mass is 586 g/mol. The number of fused-ring (bicyclic) bond motifs is 1. The molecule has 0 saturated carbocycles. The molecule has 1 aromatic carbocycles. The van der Waals surface area contributed by atoms with Crippen LogP contribution < -0.4 is 32.1 Å². The van der Waals surface area contributed by atoms with E-state index in [0.29, 0.717) is 23.8 Å². The van der Waals surface area contributed by atoms with Crippen LogP contribution in [0.25, 0.3) is 0 Å². The van der Waals surface area contributed by atoms with E-state index in [2.05, 4.69) is 30.9 Å². The summed E-state index contributed by atoms with van der Waals surface area (Å²) >= 11 is 0. The van der Waals surface area contributed by atoms with Crippen molar-refractivity contribution in [2.24, 2.45) is 4.99 Å². The van der Waals surface area contributed by atoms with Gasteiger partial charge in [-0.05, 0) is 37.1 Å². The number of nitrogens with two attached hydrogens (primary N) is 1. The summed E-state index contributed by atoms with van der Waals surface area (Å²) in [4.78, 5) is 83.1. The van der Waals surface area contributed by atoms with Crippen molar-refractivity contribution in [1.29, 1.82) is 0 Å². The van der Waals surface area contributed by atoms with E-state index in [1.165, 1.54) is 12.1 Å².